The van der Waals surface area contributed by atoms with Crippen LogP contribution in [0.2, 0.25) is 0 Å². The molecule has 0 aromatic carbocycles. The van der Waals surface area contributed by atoms with Crippen LogP contribution in [0.25, 0.3) is 0 Å². The number of nitrogens with one attached hydrogen (secondary N) is 1. The van der Waals surface area contributed by atoms with Crippen LogP contribution in [0.3, 0.4) is 0 Å². The third-order valence-electron chi connectivity index (χ3n) is 6.86. The first-order chi connectivity index (χ1) is 17.0. The summed E-state index contributed by atoms with van der Waals surface area (Å²) in [5.74, 6) is 1.05. The van der Waals surface area contributed by atoms with Gasteiger partial charge in [0.1, 0.15) is 23.9 Å². The van der Waals surface area contributed by atoms with Crippen LogP contribution in [-0.4, -0.2) is 63.4 Å². The van der Waals surface area contributed by atoms with Crippen molar-refractivity contribution in [2.45, 2.75) is 100 Å². The number of sulfone groups is 1. The predicted octanol–water partition coefficient (Wildman–Crippen LogP) is 4.17. The van der Waals surface area contributed by atoms with Crippen molar-refractivity contribution >= 4 is 27.4 Å². The normalized spacial score (nSPS) is 23.9. The van der Waals surface area contributed by atoms with Crippen LogP contribution in [0.1, 0.15) is 64.9 Å². The van der Waals surface area contributed by atoms with E-state index in [0.717, 1.165) is 31.2 Å². The summed E-state index contributed by atoms with van der Waals surface area (Å²) in [6, 6.07) is 3.41. The fourth-order valence-electron chi connectivity index (χ4n) is 4.98. The molecule has 0 radical (unpaired) electrons. The quantitative estimate of drug-likeness (QED) is 0.603. The van der Waals surface area contributed by atoms with E-state index < -0.39 is 15.4 Å². The Morgan fingerprint density at radius 2 is 1.75 bits per heavy atom. The van der Waals surface area contributed by atoms with E-state index >= 15 is 0 Å². The molecule has 10 nitrogen and oxygen atoms in total. The minimum Gasteiger partial charge on any atom is -0.474 e. The number of hydrogen-bond acceptors (Lipinski definition) is 9. The van der Waals surface area contributed by atoms with Crippen LogP contribution in [0.5, 0.6) is 5.88 Å². The van der Waals surface area contributed by atoms with Crippen molar-refractivity contribution < 1.29 is 22.7 Å². The molecule has 1 aliphatic carbocycles. The first kappa shape index (κ1) is 24.7. The Bertz CT molecular complexity index is 1230. The fraction of sp³-hybridized carbons (Fsp3) is 0.600. The van der Waals surface area contributed by atoms with Gasteiger partial charge in [-0.15, -0.1) is 0 Å². The summed E-state index contributed by atoms with van der Waals surface area (Å²) in [5.41, 5.74) is 0.849. The summed E-state index contributed by atoms with van der Waals surface area (Å²) in [4.78, 5) is 27.4. The number of nitrogens with zero attached hydrogens (tertiary/aromatic N) is 4. The minimum absolute atomic E-state index is 0.0591. The first-order valence-electron chi connectivity index (χ1n) is 12.5. The molecule has 2 aromatic heterocycles. The molecular formula is C25H33N5O5S. The maximum Gasteiger partial charge on any atom is 0.410 e. The molecule has 0 spiro atoms. The highest BCUT2D eigenvalue weighted by atomic mass is 32.2. The van der Waals surface area contributed by atoms with Crippen LogP contribution in [0, 0.1) is 6.92 Å². The highest BCUT2D eigenvalue weighted by Crippen LogP contribution is 2.39. The van der Waals surface area contributed by atoms with E-state index in [1.807, 2.05) is 32.6 Å². The second kappa shape index (κ2) is 9.17. The summed E-state index contributed by atoms with van der Waals surface area (Å²) in [5, 5.41) is 3.00. The van der Waals surface area contributed by atoms with E-state index in [0.29, 0.717) is 30.2 Å². The largest absolute Gasteiger partial charge is 0.474 e. The number of hydrogen-bond donors (Lipinski definition) is 1. The summed E-state index contributed by atoms with van der Waals surface area (Å²) in [6.45, 7) is 7.52. The Labute approximate surface area is 211 Å². The molecule has 2 saturated heterocycles. The van der Waals surface area contributed by atoms with Crippen LogP contribution in [-0.2, 0) is 14.6 Å². The molecule has 2 bridgehead atoms. The van der Waals surface area contributed by atoms with Gasteiger partial charge in [-0.05, 0) is 65.5 Å². The number of fused-ring (bicyclic) bond motifs is 2. The van der Waals surface area contributed by atoms with Gasteiger partial charge in [-0.3, -0.25) is 0 Å². The van der Waals surface area contributed by atoms with Gasteiger partial charge >= 0.3 is 6.09 Å². The van der Waals surface area contributed by atoms with Crippen molar-refractivity contribution in [1.82, 2.24) is 19.9 Å². The van der Waals surface area contributed by atoms with Crippen LogP contribution in [0.4, 0.5) is 16.3 Å². The molecule has 2 aromatic rings. The summed E-state index contributed by atoms with van der Waals surface area (Å²) >= 11 is 0. The zero-order valence-corrected chi connectivity index (χ0v) is 21.9. The second-order valence-electron chi connectivity index (χ2n) is 10.9. The molecule has 2 aliphatic heterocycles. The molecule has 1 amide bonds. The van der Waals surface area contributed by atoms with E-state index in [4.69, 9.17) is 9.47 Å². The van der Waals surface area contributed by atoms with Gasteiger partial charge in [-0.1, -0.05) is 0 Å². The molecule has 36 heavy (non-hydrogen) atoms. The molecule has 2 unspecified atom stereocenters. The van der Waals surface area contributed by atoms with Gasteiger partial charge in [0.25, 0.3) is 0 Å². The number of amides is 1. The molecular weight excluding hydrogens is 482 g/mol. The average Bonchev–Trinajstić information content (AvgIpc) is 3.62. The van der Waals surface area contributed by atoms with Gasteiger partial charge in [-0.25, -0.2) is 28.2 Å². The zero-order valence-electron chi connectivity index (χ0n) is 21.1. The van der Waals surface area contributed by atoms with Gasteiger partial charge in [-0.2, -0.15) is 0 Å². The summed E-state index contributed by atoms with van der Waals surface area (Å²) < 4.78 is 36.7. The Morgan fingerprint density at radius 1 is 1.06 bits per heavy atom. The molecule has 3 aliphatic rings. The number of piperidine rings is 1. The van der Waals surface area contributed by atoms with E-state index in [1.54, 1.807) is 6.07 Å². The van der Waals surface area contributed by atoms with Crippen molar-refractivity contribution in [2.75, 3.05) is 5.32 Å². The Balaban J connectivity index is 1.24. The maximum absolute atomic E-state index is 12.7. The monoisotopic (exact) mass is 515 g/mol. The highest BCUT2D eigenvalue weighted by Gasteiger charge is 2.45. The lowest BCUT2D eigenvalue weighted by Gasteiger charge is -2.39. The van der Waals surface area contributed by atoms with Crippen molar-refractivity contribution in [3.8, 4) is 5.88 Å². The first-order valence-corrected chi connectivity index (χ1v) is 14.0. The van der Waals surface area contributed by atoms with Crippen LogP contribution in [0.15, 0.2) is 29.7 Å². The Kier molecular flexibility index (Phi) is 6.30. The van der Waals surface area contributed by atoms with E-state index in [-0.39, 0.29) is 34.6 Å². The number of carbonyl (C=O) groups excluding carboxylic acids is 1. The summed E-state index contributed by atoms with van der Waals surface area (Å²) in [6.07, 6.45) is 7.38. The van der Waals surface area contributed by atoms with Crippen LogP contribution >= 0.6 is 0 Å². The maximum atomic E-state index is 12.7. The molecule has 1 saturated carbocycles. The molecule has 5 rings (SSSR count). The van der Waals surface area contributed by atoms with Gasteiger partial charge < -0.3 is 19.7 Å². The van der Waals surface area contributed by atoms with Gasteiger partial charge in [0.2, 0.25) is 5.88 Å². The summed E-state index contributed by atoms with van der Waals surface area (Å²) in [7, 11) is -3.33. The smallest absolute Gasteiger partial charge is 0.410 e. The number of ether oxygens (including phenoxy) is 2. The van der Waals surface area contributed by atoms with Crippen molar-refractivity contribution in [1.29, 1.82) is 0 Å². The van der Waals surface area contributed by atoms with Gasteiger partial charge in [0.15, 0.2) is 14.9 Å². The van der Waals surface area contributed by atoms with E-state index in [9.17, 15) is 13.2 Å². The topological polar surface area (TPSA) is 124 Å². The predicted molar refractivity (Wildman–Crippen MR) is 133 cm³/mol. The lowest BCUT2D eigenvalue weighted by atomic mass is 10.00. The van der Waals surface area contributed by atoms with Crippen LogP contribution < -0.4 is 10.1 Å². The van der Waals surface area contributed by atoms with Gasteiger partial charge in [0.05, 0.1) is 22.7 Å². The van der Waals surface area contributed by atoms with Crippen molar-refractivity contribution in [2.24, 2.45) is 0 Å². The lowest BCUT2D eigenvalue weighted by Crippen LogP contribution is -2.50. The molecule has 194 valence electrons. The molecule has 3 fully saturated rings. The molecule has 4 heterocycles. The Hall–Kier alpha value is -2.95. The number of pyridine rings is 1. The van der Waals surface area contributed by atoms with Crippen molar-refractivity contribution in [3.05, 3.63) is 30.2 Å². The number of aromatic nitrogens is 3. The van der Waals surface area contributed by atoms with Crippen molar-refractivity contribution in [3.63, 3.8) is 0 Å². The molecule has 11 heteroatoms. The minimum atomic E-state index is -3.33. The van der Waals surface area contributed by atoms with E-state index in [2.05, 4.69) is 20.3 Å². The SMILES string of the molecule is Cc1c(Nc2ccc(S(=O)(=O)C3CC3)nc2)ncnc1OC1CC2CCC(C1)N2C(=O)OC(C)(C)C. The molecule has 2 atom stereocenters. The third-order valence-corrected chi connectivity index (χ3v) is 9.04. The number of carbonyl (C=O) groups is 1. The average molecular weight is 516 g/mol. The fourth-order valence-corrected chi connectivity index (χ4v) is 6.54. The van der Waals surface area contributed by atoms with Gasteiger partial charge in [0, 0.05) is 24.9 Å². The molecule has 1 N–H and O–H groups in total. The zero-order chi connectivity index (χ0) is 25.7. The lowest BCUT2D eigenvalue weighted by molar-refractivity contribution is -0.00770. The highest BCUT2D eigenvalue weighted by molar-refractivity contribution is 7.92. The Morgan fingerprint density at radius 3 is 2.33 bits per heavy atom. The number of rotatable bonds is 6. The standard InChI is InChI=1S/C25H33N5O5S/c1-15-22(29-16-5-10-21(26-13-16)36(32,33)20-8-9-20)27-14-28-23(15)34-19-11-17-6-7-18(12-19)30(17)24(31)35-25(2,3)4/h5,10,13-14,17-20H,6-9,11-12H2,1-4H3,(H,27,28,29). The number of anilines is 2. The third kappa shape index (κ3) is 5.11. The second-order valence-corrected chi connectivity index (χ2v) is 13.1. The van der Waals surface area contributed by atoms with E-state index in [1.165, 1.54) is 18.6 Å².